The third kappa shape index (κ3) is 5.88. The van der Waals surface area contributed by atoms with Crippen LogP contribution in [0, 0.1) is 5.82 Å². The minimum atomic E-state index is -0.789. The van der Waals surface area contributed by atoms with Crippen LogP contribution in [-0.2, 0) is 11.3 Å². The third-order valence-corrected chi connectivity index (χ3v) is 3.75. The van der Waals surface area contributed by atoms with Crippen molar-refractivity contribution in [2.75, 3.05) is 32.6 Å². The number of aliphatic hydroxyl groups is 2. The summed E-state index contributed by atoms with van der Waals surface area (Å²) in [7, 11) is 1.61. The largest absolute Gasteiger partial charge is 0.394 e. The molecule has 0 radical (unpaired) electrons. The molecule has 0 saturated heterocycles. The zero-order chi connectivity index (χ0) is 14.1. The van der Waals surface area contributed by atoms with Gasteiger partial charge in [0.2, 0.25) is 0 Å². The van der Waals surface area contributed by atoms with E-state index in [1.165, 1.54) is 17.8 Å². The summed E-state index contributed by atoms with van der Waals surface area (Å²) >= 11 is 1.34. The molecule has 0 saturated carbocycles. The van der Waals surface area contributed by atoms with Gasteiger partial charge < -0.3 is 20.3 Å². The van der Waals surface area contributed by atoms with Crippen molar-refractivity contribution < 1.29 is 19.3 Å². The Hall–Kier alpha value is -0.660. The van der Waals surface area contributed by atoms with Crippen LogP contribution in [0.25, 0.3) is 0 Å². The SMILES string of the molecule is COCCNCc1c(F)cccc1SCC(O)CO. The third-order valence-electron chi connectivity index (χ3n) is 2.50. The second kappa shape index (κ2) is 9.28. The lowest BCUT2D eigenvalue weighted by atomic mass is 10.2. The van der Waals surface area contributed by atoms with Gasteiger partial charge in [-0.15, -0.1) is 11.8 Å². The van der Waals surface area contributed by atoms with Crippen molar-refractivity contribution in [3.63, 3.8) is 0 Å². The van der Waals surface area contributed by atoms with E-state index >= 15 is 0 Å². The van der Waals surface area contributed by atoms with Gasteiger partial charge in [0.25, 0.3) is 0 Å². The smallest absolute Gasteiger partial charge is 0.128 e. The van der Waals surface area contributed by atoms with E-state index in [0.717, 1.165) is 4.90 Å². The summed E-state index contributed by atoms with van der Waals surface area (Å²) in [6, 6.07) is 4.87. The number of hydrogen-bond donors (Lipinski definition) is 3. The molecule has 4 nitrogen and oxygen atoms in total. The van der Waals surface area contributed by atoms with Gasteiger partial charge in [0.15, 0.2) is 0 Å². The number of ether oxygens (including phenoxy) is 1. The van der Waals surface area contributed by atoms with E-state index in [0.29, 0.717) is 31.0 Å². The van der Waals surface area contributed by atoms with Crippen molar-refractivity contribution in [2.24, 2.45) is 0 Å². The van der Waals surface area contributed by atoms with Gasteiger partial charge in [-0.1, -0.05) is 6.07 Å². The minimum Gasteiger partial charge on any atom is -0.394 e. The first-order chi connectivity index (χ1) is 9.19. The molecule has 1 aromatic rings. The van der Waals surface area contributed by atoms with Crippen LogP contribution in [0.3, 0.4) is 0 Å². The number of hydrogen-bond acceptors (Lipinski definition) is 5. The van der Waals surface area contributed by atoms with Gasteiger partial charge >= 0.3 is 0 Å². The first-order valence-corrected chi connectivity index (χ1v) is 7.06. The summed E-state index contributed by atoms with van der Waals surface area (Å²) < 4.78 is 18.7. The Labute approximate surface area is 117 Å². The van der Waals surface area contributed by atoms with Crippen molar-refractivity contribution in [3.8, 4) is 0 Å². The zero-order valence-electron chi connectivity index (χ0n) is 10.9. The quantitative estimate of drug-likeness (QED) is 0.468. The fourth-order valence-electron chi connectivity index (χ4n) is 1.47. The average Bonchev–Trinajstić information content (AvgIpc) is 2.42. The summed E-state index contributed by atoms with van der Waals surface area (Å²) in [5.74, 6) is 0.0683. The Morgan fingerprint density at radius 3 is 2.95 bits per heavy atom. The van der Waals surface area contributed by atoms with E-state index in [1.54, 1.807) is 13.2 Å². The van der Waals surface area contributed by atoms with Crippen molar-refractivity contribution in [1.82, 2.24) is 5.32 Å². The molecule has 0 aliphatic rings. The number of aliphatic hydroxyl groups excluding tert-OH is 2. The van der Waals surface area contributed by atoms with Crippen molar-refractivity contribution in [2.45, 2.75) is 17.5 Å². The molecule has 0 heterocycles. The molecular weight excluding hydrogens is 269 g/mol. The standard InChI is InChI=1S/C13H20FNO3S/c1-18-6-5-15-7-11-12(14)3-2-4-13(11)19-9-10(17)8-16/h2-4,10,15-17H,5-9H2,1H3. The monoisotopic (exact) mass is 289 g/mol. The van der Waals surface area contributed by atoms with Crippen LogP contribution in [0.15, 0.2) is 23.1 Å². The number of benzene rings is 1. The van der Waals surface area contributed by atoms with Crippen LogP contribution < -0.4 is 5.32 Å². The molecule has 19 heavy (non-hydrogen) atoms. The summed E-state index contributed by atoms with van der Waals surface area (Å²) in [6.45, 7) is 1.34. The molecule has 0 spiro atoms. The fraction of sp³-hybridized carbons (Fsp3) is 0.538. The summed E-state index contributed by atoms with van der Waals surface area (Å²) in [4.78, 5) is 0.775. The maximum Gasteiger partial charge on any atom is 0.128 e. The summed E-state index contributed by atoms with van der Waals surface area (Å²) in [6.07, 6.45) is -0.789. The number of thioether (sulfide) groups is 1. The Morgan fingerprint density at radius 1 is 1.47 bits per heavy atom. The molecule has 0 aromatic heterocycles. The maximum absolute atomic E-state index is 13.8. The van der Waals surface area contributed by atoms with E-state index in [2.05, 4.69) is 5.32 Å². The van der Waals surface area contributed by atoms with E-state index in [9.17, 15) is 9.50 Å². The van der Waals surface area contributed by atoms with Crippen molar-refractivity contribution in [3.05, 3.63) is 29.6 Å². The minimum absolute atomic E-state index is 0.270. The van der Waals surface area contributed by atoms with E-state index in [-0.39, 0.29) is 12.4 Å². The summed E-state index contributed by atoms with van der Waals surface area (Å²) in [5.41, 5.74) is 0.578. The van der Waals surface area contributed by atoms with Gasteiger partial charge in [-0.05, 0) is 12.1 Å². The zero-order valence-corrected chi connectivity index (χ0v) is 11.8. The first-order valence-electron chi connectivity index (χ1n) is 6.07. The van der Waals surface area contributed by atoms with Gasteiger partial charge in [0, 0.05) is 36.4 Å². The van der Waals surface area contributed by atoms with Gasteiger partial charge in [-0.2, -0.15) is 0 Å². The van der Waals surface area contributed by atoms with Crippen LogP contribution in [0.5, 0.6) is 0 Å². The number of rotatable bonds is 9. The fourth-order valence-corrected chi connectivity index (χ4v) is 2.47. The van der Waals surface area contributed by atoms with Crippen molar-refractivity contribution in [1.29, 1.82) is 0 Å². The number of methoxy groups -OCH3 is 1. The van der Waals surface area contributed by atoms with Crippen LogP contribution >= 0.6 is 11.8 Å². The van der Waals surface area contributed by atoms with Gasteiger partial charge in [0.1, 0.15) is 5.82 Å². The Bertz CT molecular complexity index is 379. The highest BCUT2D eigenvalue weighted by Crippen LogP contribution is 2.25. The van der Waals surface area contributed by atoms with E-state index in [1.807, 2.05) is 6.07 Å². The molecule has 0 amide bonds. The molecule has 0 bridgehead atoms. The van der Waals surface area contributed by atoms with E-state index in [4.69, 9.17) is 9.84 Å². The molecule has 1 atom stereocenters. The Morgan fingerprint density at radius 2 is 2.26 bits per heavy atom. The lowest BCUT2D eigenvalue weighted by Crippen LogP contribution is -2.20. The highest BCUT2D eigenvalue weighted by atomic mass is 32.2. The molecular formula is C13H20FNO3S. The molecule has 0 aliphatic carbocycles. The summed E-state index contributed by atoms with van der Waals surface area (Å²) in [5, 5.41) is 21.2. The molecule has 3 N–H and O–H groups in total. The van der Waals surface area contributed by atoms with Gasteiger partial charge in [-0.25, -0.2) is 4.39 Å². The second-order valence-corrected chi connectivity index (χ2v) is 5.10. The molecule has 6 heteroatoms. The van der Waals surface area contributed by atoms with E-state index < -0.39 is 6.10 Å². The topological polar surface area (TPSA) is 61.7 Å². The second-order valence-electron chi connectivity index (χ2n) is 4.03. The molecule has 0 fully saturated rings. The first kappa shape index (κ1) is 16.4. The molecule has 1 unspecified atom stereocenters. The highest BCUT2D eigenvalue weighted by molar-refractivity contribution is 7.99. The lowest BCUT2D eigenvalue weighted by Gasteiger charge is -2.12. The molecule has 1 rings (SSSR count). The normalized spacial score (nSPS) is 12.6. The number of halogens is 1. The average molecular weight is 289 g/mol. The lowest BCUT2D eigenvalue weighted by molar-refractivity contribution is 0.113. The van der Waals surface area contributed by atoms with Crippen LogP contribution in [0.2, 0.25) is 0 Å². The van der Waals surface area contributed by atoms with Gasteiger partial charge in [-0.3, -0.25) is 0 Å². The van der Waals surface area contributed by atoms with Crippen LogP contribution in [-0.4, -0.2) is 48.9 Å². The molecule has 0 aliphatic heterocycles. The predicted molar refractivity (Wildman–Crippen MR) is 73.8 cm³/mol. The predicted octanol–water partition coefficient (Wildman–Crippen LogP) is 1.01. The van der Waals surface area contributed by atoms with Gasteiger partial charge in [0.05, 0.1) is 19.3 Å². The van der Waals surface area contributed by atoms with Crippen LogP contribution in [0.1, 0.15) is 5.56 Å². The van der Waals surface area contributed by atoms with Crippen LogP contribution in [0.4, 0.5) is 4.39 Å². The van der Waals surface area contributed by atoms with Crippen molar-refractivity contribution >= 4 is 11.8 Å². The Kier molecular flexibility index (Phi) is 8.00. The maximum atomic E-state index is 13.8. The Balaban J connectivity index is 2.61. The highest BCUT2D eigenvalue weighted by Gasteiger charge is 2.10. The molecule has 1 aromatic carbocycles. The number of nitrogens with one attached hydrogen (secondary N) is 1. The molecule has 108 valence electrons.